The first-order valence-electron chi connectivity index (χ1n) is 0.765. The highest BCUT2D eigenvalue weighted by atomic mass is 32.2. The zero-order chi connectivity index (χ0) is 4.50. The average molecular weight is 98.0 g/mol. The van der Waals surface area contributed by atoms with Crippen LogP contribution in [0.5, 0.6) is 0 Å². The second-order valence-electron chi connectivity index (χ2n) is 0.491. The van der Waals surface area contributed by atoms with E-state index in [9.17, 15) is 0 Å². The summed E-state index contributed by atoms with van der Waals surface area (Å²) in [6.07, 6.45) is 0. The molecule has 0 spiro atoms. The molecule has 0 saturated heterocycles. The fourth-order valence-corrected chi connectivity index (χ4v) is 0. The Balaban J connectivity index is 3.47. The first-order valence-corrected chi connectivity index (χ1v) is 2.30. The van der Waals surface area contributed by atoms with Crippen LogP contribution in [0.3, 0.4) is 0 Å². The van der Waals surface area contributed by atoms with Gasteiger partial charge in [0, 0.05) is 0 Å². The lowest BCUT2D eigenvalue weighted by molar-refractivity contribution is -0.214. The summed E-state index contributed by atoms with van der Waals surface area (Å²) in [4.78, 5) is 22.9. The molecule has 5 heteroatoms. The third-order valence-electron chi connectivity index (χ3n) is 0. The van der Waals surface area contributed by atoms with Crippen molar-refractivity contribution in [2.75, 3.05) is 0 Å². The Morgan fingerprint density at radius 1 is 1.60 bits per heavy atom. The van der Waals surface area contributed by atoms with Gasteiger partial charge in [-0.05, 0) is 0 Å². The summed E-state index contributed by atoms with van der Waals surface area (Å²) >= 11 is 0. The Hall–Kier alpha value is 0.110. The molecule has 0 fully saturated rings. The molecule has 0 aromatic heterocycles. The van der Waals surface area contributed by atoms with E-state index >= 15 is 0 Å². The standard InChI is InChI=1S/H3O4P/c1-5(2,3)4/h(H3,1,2,3,4)/p-1/i5+1. The van der Waals surface area contributed by atoms with Crippen LogP contribution in [0.15, 0.2) is 0 Å². The minimum absolute atomic E-state index is 4.89. The molecule has 0 bridgehead atoms. The maximum absolute atomic E-state index is 8.77. The molecular formula is H2O4P-. The molecule has 0 aromatic rings. The van der Waals surface area contributed by atoms with Crippen molar-refractivity contribution in [1.82, 2.24) is 0 Å². The zero-order valence-electron chi connectivity index (χ0n) is 2.16. The van der Waals surface area contributed by atoms with Gasteiger partial charge >= 0.3 is 0 Å². The van der Waals surface area contributed by atoms with Gasteiger partial charge in [0.2, 0.25) is 0 Å². The molecule has 0 saturated carbocycles. The minimum atomic E-state index is -4.89. The van der Waals surface area contributed by atoms with Gasteiger partial charge in [-0.2, -0.15) is 0 Å². The molecule has 0 amide bonds. The van der Waals surface area contributed by atoms with Gasteiger partial charge in [0.1, 0.15) is 0 Å². The van der Waals surface area contributed by atoms with E-state index in [0.29, 0.717) is 0 Å². The fraction of sp³-hybridized carbons (Fsp3) is 0. The molecule has 5 heavy (non-hydrogen) atoms. The molecule has 0 aliphatic carbocycles. The van der Waals surface area contributed by atoms with E-state index in [1.54, 1.807) is 0 Å². The Kier molecular flexibility index (Phi) is 1.09. The minimum Gasteiger partial charge on any atom is -0.756 e. The van der Waals surface area contributed by atoms with Gasteiger partial charge < -0.3 is 14.7 Å². The highest BCUT2D eigenvalue weighted by molar-refractivity contribution is 7.43. The van der Waals surface area contributed by atoms with E-state index in [4.69, 9.17) is 19.2 Å². The van der Waals surface area contributed by atoms with E-state index < -0.39 is 7.82 Å². The van der Waals surface area contributed by atoms with Crippen molar-refractivity contribution >= 4 is 7.82 Å². The first kappa shape index (κ1) is 5.11. The lowest BCUT2D eigenvalue weighted by Gasteiger charge is -2.01. The molecule has 0 unspecified atom stereocenters. The van der Waals surface area contributed by atoms with Gasteiger partial charge in [-0.3, -0.25) is 4.57 Å². The molecular weight excluding hydrogens is 96.0 g/mol. The summed E-state index contributed by atoms with van der Waals surface area (Å²) in [5.74, 6) is 0. The van der Waals surface area contributed by atoms with Crippen molar-refractivity contribution in [2.45, 2.75) is 0 Å². The van der Waals surface area contributed by atoms with Crippen molar-refractivity contribution in [3.63, 3.8) is 0 Å². The van der Waals surface area contributed by atoms with Crippen molar-refractivity contribution in [3.8, 4) is 0 Å². The number of hydrogen-bond acceptors (Lipinski definition) is 2. The maximum atomic E-state index is 8.77. The molecule has 32 valence electrons. The molecule has 0 heterocycles. The molecule has 0 aliphatic rings. The topological polar surface area (TPSA) is 80.6 Å². The average Bonchev–Trinajstić information content (AvgIpc) is 0.722. The van der Waals surface area contributed by atoms with Gasteiger partial charge in [-0.1, -0.05) is 0 Å². The number of phosphoric acid groups is 1. The molecule has 0 aliphatic heterocycles. The van der Waals surface area contributed by atoms with E-state index in [0.717, 1.165) is 0 Å². The lowest BCUT2D eigenvalue weighted by atomic mass is 15.8. The second kappa shape index (κ2) is 1.06. The summed E-state index contributed by atoms with van der Waals surface area (Å²) in [6.45, 7) is 0. The van der Waals surface area contributed by atoms with Gasteiger partial charge in [0.05, 0.1) is 0 Å². The maximum Gasteiger partial charge on any atom is 0.262 e. The van der Waals surface area contributed by atoms with E-state index in [1.807, 2.05) is 0 Å². The quantitative estimate of drug-likeness (QED) is 0.359. The second-order valence-corrected chi connectivity index (χ2v) is 1.47. The first-order chi connectivity index (χ1) is 2.00. The number of hydrogen-bond donors (Lipinski definition) is 2. The third kappa shape index (κ3) is 1510. The molecule has 0 rings (SSSR count). The third-order valence-corrected chi connectivity index (χ3v) is 0. The Morgan fingerprint density at radius 2 is 1.60 bits per heavy atom. The molecule has 0 radical (unpaired) electrons. The Morgan fingerprint density at radius 3 is 1.60 bits per heavy atom. The smallest absolute Gasteiger partial charge is 0.262 e. The summed E-state index contributed by atoms with van der Waals surface area (Å²) in [5, 5.41) is 0. The summed E-state index contributed by atoms with van der Waals surface area (Å²) in [5.41, 5.74) is 0. The Bertz CT molecular complexity index is 49.8. The van der Waals surface area contributed by atoms with E-state index in [2.05, 4.69) is 0 Å². The van der Waals surface area contributed by atoms with Gasteiger partial charge in [0.25, 0.3) is 7.82 Å². The Labute approximate surface area is 28.3 Å². The summed E-state index contributed by atoms with van der Waals surface area (Å²) in [7, 11) is -4.89. The summed E-state index contributed by atoms with van der Waals surface area (Å²) < 4.78 is 8.77. The normalized spacial score (nSPS) is 11.8. The van der Waals surface area contributed by atoms with Crippen molar-refractivity contribution < 1.29 is 19.2 Å². The van der Waals surface area contributed by atoms with Crippen LogP contribution in [0.25, 0.3) is 0 Å². The van der Waals surface area contributed by atoms with Gasteiger partial charge in [-0.15, -0.1) is 0 Å². The van der Waals surface area contributed by atoms with Crippen LogP contribution in [0.2, 0.25) is 0 Å². The van der Waals surface area contributed by atoms with Crippen LogP contribution in [0, 0.1) is 0 Å². The van der Waals surface area contributed by atoms with Crippen LogP contribution in [0.4, 0.5) is 0 Å². The SMILES string of the molecule is O=[32P]([O-])(O)O. The van der Waals surface area contributed by atoms with E-state index in [-0.39, 0.29) is 0 Å². The van der Waals surface area contributed by atoms with Gasteiger partial charge in [-0.25, -0.2) is 0 Å². The van der Waals surface area contributed by atoms with Crippen LogP contribution < -0.4 is 4.89 Å². The fourth-order valence-electron chi connectivity index (χ4n) is 0. The zero-order valence-corrected chi connectivity index (χ0v) is 3.05. The summed E-state index contributed by atoms with van der Waals surface area (Å²) in [6, 6.07) is 0. The van der Waals surface area contributed by atoms with Crippen LogP contribution >= 0.6 is 7.82 Å². The molecule has 4 nitrogen and oxygen atoms in total. The molecule has 2 N–H and O–H groups in total. The molecule has 0 atom stereocenters. The van der Waals surface area contributed by atoms with Crippen molar-refractivity contribution in [2.24, 2.45) is 0 Å². The van der Waals surface area contributed by atoms with Crippen molar-refractivity contribution in [3.05, 3.63) is 0 Å². The molecule has 0 aromatic carbocycles. The van der Waals surface area contributed by atoms with Crippen LogP contribution in [-0.2, 0) is 4.57 Å². The van der Waals surface area contributed by atoms with Gasteiger partial charge in [0.15, 0.2) is 0 Å². The predicted octanol–water partition coefficient (Wildman–Crippen LogP) is -1.56. The van der Waals surface area contributed by atoms with Crippen molar-refractivity contribution in [1.29, 1.82) is 0 Å². The highest BCUT2D eigenvalue weighted by Gasteiger charge is 1.82. The van der Waals surface area contributed by atoms with Crippen LogP contribution in [0.1, 0.15) is 0 Å². The van der Waals surface area contributed by atoms with E-state index in [1.165, 1.54) is 0 Å². The largest absolute Gasteiger partial charge is 0.756 e. The number of rotatable bonds is 0. The monoisotopic (exact) mass is 98.0 g/mol. The predicted molar refractivity (Wildman–Crippen MR) is 12.0 cm³/mol. The lowest BCUT2D eigenvalue weighted by Crippen LogP contribution is -1.94. The van der Waals surface area contributed by atoms with Crippen LogP contribution in [-0.4, -0.2) is 9.79 Å². The highest BCUT2D eigenvalue weighted by Crippen LogP contribution is 2.18.